The van der Waals surface area contributed by atoms with Gasteiger partial charge in [-0.3, -0.25) is 14.3 Å². The topological polar surface area (TPSA) is 123 Å². The standard InChI is InChI=1S/C24H26N6O3/c1-4-6-18(31)29-10-5-7-15(12-29)30-21(19-20(28-30)24(32)27-26-23(19)25)22-14(3)16-11-13(2)8-9-17(16)33-22/h4,6,8-9,11,15H,5,7,10,12H2,1-3H3,(H2,25,26)(H,27,32). The summed E-state index contributed by atoms with van der Waals surface area (Å²) in [4.78, 5) is 26.9. The van der Waals surface area contributed by atoms with Gasteiger partial charge in [-0.15, -0.1) is 0 Å². The maximum atomic E-state index is 12.6. The summed E-state index contributed by atoms with van der Waals surface area (Å²) in [6.45, 7) is 7.01. The molecule has 170 valence electrons. The summed E-state index contributed by atoms with van der Waals surface area (Å²) in [7, 11) is 0. The summed E-state index contributed by atoms with van der Waals surface area (Å²) < 4.78 is 8.11. The van der Waals surface area contributed by atoms with Crippen molar-refractivity contribution in [3.05, 3.63) is 51.8 Å². The second kappa shape index (κ2) is 7.91. The van der Waals surface area contributed by atoms with Crippen LogP contribution in [0.4, 0.5) is 5.82 Å². The lowest BCUT2D eigenvalue weighted by atomic mass is 10.0. The lowest BCUT2D eigenvalue weighted by Crippen LogP contribution is -2.40. The first-order valence-electron chi connectivity index (χ1n) is 11.1. The number of benzene rings is 1. The minimum atomic E-state index is -0.415. The van der Waals surface area contributed by atoms with Gasteiger partial charge in [0.15, 0.2) is 17.1 Å². The third-order valence-corrected chi connectivity index (χ3v) is 6.33. The first-order valence-corrected chi connectivity index (χ1v) is 11.1. The Morgan fingerprint density at radius 2 is 2.15 bits per heavy atom. The quantitative estimate of drug-likeness (QED) is 0.465. The van der Waals surface area contributed by atoms with Gasteiger partial charge in [-0.05, 0) is 51.8 Å². The van der Waals surface area contributed by atoms with Crippen LogP contribution in [0, 0.1) is 13.8 Å². The number of piperidine rings is 1. The first kappa shape index (κ1) is 21.0. The molecule has 1 atom stereocenters. The number of nitrogens with one attached hydrogen (secondary N) is 1. The van der Waals surface area contributed by atoms with Crippen LogP contribution in [-0.4, -0.2) is 43.9 Å². The Labute approximate surface area is 189 Å². The smallest absolute Gasteiger partial charge is 0.292 e. The van der Waals surface area contributed by atoms with E-state index in [0.717, 1.165) is 34.9 Å². The Kier molecular flexibility index (Phi) is 5.03. The van der Waals surface area contributed by atoms with Crippen molar-refractivity contribution in [3.8, 4) is 11.5 Å². The number of furan rings is 1. The molecule has 0 bridgehead atoms. The Balaban J connectivity index is 1.74. The fourth-order valence-corrected chi connectivity index (χ4v) is 4.70. The van der Waals surface area contributed by atoms with Crippen LogP contribution >= 0.6 is 0 Å². The van der Waals surface area contributed by atoms with Gasteiger partial charge in [-0.1, -0.05) is 17.7 Å². The minimum Gasteiger partial charge on any atom is -0.454 e. The van der Waals surface area contributed by atoms with E-state index in [9.17, 15) is 9.59 Å². The molecule has 1 unspecified atom stereocenters. The van der Waals surface area contributed by atoms with E-state index in [0.29, 0.717) is 29.9 Å². The molecule has 3 aromatic heterocycles. The van der Waals surface area contributed by atoms with Crippen LogP contribution < -0.4 is 11.3 Å². The largest absolute Gasteiger partial charge is 0.454 e. The number of H-pyrrole nitrogens is 1. The molecule has 33 heavy (non-hydrogen) atoms. The van der Waals surface area contributed by atoms with Crippen molar-refractivity contribution >= 4 is 33.6 Å². The number of amides is 1. The van der Waals surface area contributed by atoms with Crippen molar-refractivity contribution in [1.29, 1.82) is 0 Å². The number of fused-ring (bicyclic) bond motifs is 2. The number of aryl methyl sites for hydroxylation is 2. The summed E-state index contributed by atoms with van der Waals surface area (Å²) in [5.74, 6) is 0.753. The van der Waals surface area contributed by atoms with Crippen LogP contribution in [0.25, 0.3) is 33.3 Å². The molecule has 1 amide bonds. The second-order valence-electron chi connectivity index (χ2n) is 8.59. The predicted octanol–water partition coefficient (Wildman–Crippen LogP) is 3.47. The molecular formula is C24H26N6O3. The fraction of sp³-hybridized carbons (Fsp3) is 0.333. The molecule has 1 saturated heterocycles. The zero-order chi connectivity index (χ0) is 23.3. The molecule has 0 radical (unpaired) electrons. The Bertz CT molecular complexity index is 1480. The highest BCUT2D eigenvalue weighted by atomic mass is 16.3. The molecular weight excluding hydrogens is 420 g/mol. The maximum absolute atomic E-state index is 12.6. The van der Waals surface area contributed by atoms with Gasteiger partial charge in [0, 0.05) is 24.0 Å². The molecule has 5 rings (SSSR count). The molecule has 1 aliphatic rings. The number of carbonyl (C=O) groups excluding carboxylic acids is 1. The van der Waals surface area contributed by atoms with E-state index in [1.54, 1.807) is 12.2 Å². The van der Waals surface area contributed by atoms with Gasteiger partial charge in [0.2, 0.25) is 5.91 Å². The Morgan fingerprint density at radius 3 is 2.94 bits per heavy atom. The summed E-state index contributed by atoms with van der Waals surface area (Å²) >= 11 is 0. The van der Waals surface area contributed by atoms with Gasteiger partial charge in [0.05, 0.1) is 11.4 Å². The van der Waals surface area contributed by atoms with Crippen LogP contribution in [0.1, 0.15) is 36.9 Å². The van der Waals surface area contributed by atoms with Crippen molar-refractivity contribution in [2.75, 3.05) is 18.8 Å². The van der Waals surface area contributed by atoms with Crippen LogP contribution in [0.3, 0.4) is 0 Å². The SMILES string of the molecule is CC=CC(=O)N1CCCC(n2nc3c(=O)[nH]nc(N)c3c2-c2oc3ccc(C)cc3c2C)C1. The number of nitrogens with two attached hydrogens (primary N) is 1. The van der Waals surface area contributed by atoms with Crippen molar-refractivity contribution in [2.45, 2.75) is 39.7 Å². The van der Waals surface area contributed by atoms with E-state index >= 15 is 0 Å². The molecule has 4 heterocycles. The number of nitrogen functional groups attached to an aromatic ring is 1. The third-order valence-electron chi connectivity index (χ3n) is 6.33. The zero-order valence-electron chi connectivity index (χ0n) is 18.9. The highest BCUT2D eigenvalue weighted by molar-refractivity contribution is 6.01. The van der Waals surface area contributed by atoms with Gasteiger partial charge >= 0.3 is 0 Å². The van der Waals surface area contributed by atoms with E-state index in [2.05, 4.69) is 21.4 Å². The van der Waals surface area contributed by atoms with Crippen LogP contribution in [0.15, 0.2) is 39.6 Å². The third kappa shape index (κ3) is 3.40. The first-order chi connectivity index (χ1) is 15.9. The van der Waals surface area contributed by atoms with E-state index in [-0.39, 0.29) is 23.3 Å². The van der Waals surface area contributed by atoms with Crippen LogP contribution in [0.5, 0.6) is 0 Å². The van der Waals surface area contributed by atoms with Crippen molar-refractivity contribution in [3.63, 3.8) is 0 Å². The maximum Gasteiger partial charge on any atom is 0.292 e. The van der Waals surface area contributed by atoms with E-state index in [1.165, 1.54) is 0 Å². The molecule has 1 aromatic carbocycles. The van der Waals surface area contributed by atoms with E-state index < -0.39 is 5.56 Å². The fourth-order valence-electron chi connectivity index (χ4n) is 4.70. The lowest BCUT2D eigenvalue weighted by Gasteiger charge is -2.33. The number of hydrogen-bond acceptors (Lipinski definition) is 6. The number of rotatable bonds is 3. The number of anilines is 1. The molecule has 9 heteroatoms. The summed E-state index contributed by atoms with van der Waals surface area (Å²) in [6.07, 6.45) is 4.95. The van der Waals surface area contributed by atoms with Gasteiger partial charge in [-0.2, -0.15) is 10.2 Å². The Morgan fingerprint density at radius 1 is 1.33 bits per heavy atom. The van der Waals surface area contributed by atoms with Crippen molar-refractivity contribution < 1.29 is 9.21 Å². The van der Waals surface area contributed by atoms with Gasteiger partial charge in [0.25, 0.3) is 5.56 Å². The lowest BCUT2D eigenvalue weighted by molar-refractivity contribution is -0.127. The molecule has 3 N–H and O–H groups in total. The zero-order valence-corrected chi connectivity index (χ0v) is 18.9. The van der Waals surface area contributed by atoms with E-state index in [1.807, 2.05) is 42.5 Å². The predicted molar refractivity (Wildman–Crippen MR) is 127 cm³/mol. The Hall–Kier alpha value is -3.88. The number of nitrogens with zero attached hydrogens (tertiary/aromatic N) is 4. The van der Waals surface area contributed by atoms with E-state index in [4.69, 9.17) is 10.2 Å². The summed E-state index contributed by atoms with van der Waals surface area (Å²) in [6, 6.07) is 5.88. The van der Waals surface area contributed by atoms with Crippen LogP contribution in [0.2, 0.25) is 0 Å². The molecule has 1 aliphatic heterocycles. The monoisotopic (exact) mass is 446 g/mol. The number of hydrogen-bond donors (Lipinski definition) is 2. The number of likely N-dealkylation sites (tertiary alicyclic amines) is 1. The second-order valence-corrected chi connectivity index (χ2v) is 8.59. The average Bonchev–Trinajstić information content (AvgIpc) is 3.36. The number of aromatic nitrogens is 4. The molecule has 0 aliphatic carbocycles. The highest BCUT2D eigenvalue weighted by Crippen LogP contribution is 2.40. The van der Waals surface area contributed by atoms with Crippen molar-refractivity contribution in [2.24, 2.45) is 0 Å². The number of carbonyl (C=O) groups is 1. The molecule has 0 saturated carbocycles. The molecule has 4 aromatic rings. The van der Waals surface area contributed by atoms with Crippen LogP contribution in [-0.2, 0) is 4.79 Å². The molecule has 0 spiro atoms. The van der Waals surface area contributed by atoms with Crippen molar-refractivity contribution in [1.82, 2.24) is 24.9 Å². The van der Waals surface area contributed by atoms with Gasteiger partial charge in [0.1, 0.15) is 11.3 Å². The summed E-state index contributed by atoms with van der Waals surface area (Å²) in [5.41, 5.74) is 9.47. The number of aromatic amines is 1. The number of allylic oxidation sites excluding steroid dienone is 1. The normalized spacial score (nSPS) is 16.9. The summed E-state index contributed by atoms with van der Waals surface area (Å²) in [5, 5.41) is 12.5. The van der Waals surface area contributed by atoms with Gasteiger partial charge < -0.3 is 15.1 Å². The average molecular weight is 447 g/mol. The molecule has 9 nitrogen and oxygen atoms in total. The molecule has 1 fully saturated rings. The highest BCUT2D eigenvalue weighted by Gasteiger charge is 2.31. The van der Waals surface area contributed by atoms with Gasteiger partial charge in [-0.25, -0.2) is 5.10 Å². The minimum absolute atomic E-state index is 0.0325.